The number of fused-ring (bicyclic) bond motifs is 2. The molecule has 2 aromatic carbocycles. The van der Waals surface area contributed by atoms with Gasteiger partial charge in [0.25, 0.3) is 0 Å². The van der Waals surface area contributed by atoms with Gasteiger partial charge in [-0.05, 0) is 56.4 Å². The Labute approximate surface area is 269 Å². The first-order valence-electron chi connectivity index (χ1n) is 15.7. The Hall–Kier alpha value is -3.49. The minimum Gasteiger partial charge on any atom is -0.494 e. The molecule has 3 aromatic rings. The summed E-state index contributed by atoms with van der Waals surface area (Å²) in [6.07, 6.45) is -0.354. The summed E-state index contributed by atoms with van der Waals surface area (Å²) >= 11 is 0. The number of aromatic nitrogens is 1. The number of ether oxygens (including phenoxy) is 3. The van der Waals surface area contributed by atoms with Crippen molar-refractivity contribution < 1.29 is 37.6 Å². The number of carbonyl (C=O) groups is 1. The van der Waals surface area contributed by atoms with Gasteiger partial charge in [0.15, 0.2) is 12.2 Å². The molecule has 250 valence electrons. The van der Waals surface area contributed by atoms with Crippen molar-refractivity contribution in [3.8, 4) is 5.88 Å². The molecule has 2 aliphatic heterocycles. The van der Waals surface area contributed by atoms with Crippen LogP contribution in [-0.2, 0) is 30.7 Å². The Bertz CT molecular complexity index is 1630. The molecule has 2 fully saturated rings. The first-order valence-corrected chi connectivity index (χ1v) is 17.2. The summed E-state index contributed by atoms with van der Waals surface area (Å²) in [5.74, 6) is -0.221. The van der Waals surface area contributed by atoms with Crippen LogP contribution in [0.1, 0.15) is 45.2 Å². The first-order chi connectivity index (χ1) is 21.9. The van der Waals surface area contributed by atoms with E-state index in [0.717, 1.165) is 12.0 Å². The summed E-state index contributed by atoms with van der Waals surface area (Å²) in [6, 6.07) is 13.0. The first kappa shape index (κ1) is 33.9. The van der Waals surface area contributed by atoms with Gasteiger partial charge >= 0.3 is 6.09 Å². The topological polar surface area (TPSA) is 163 Å². The minimum absolute atomic E-state index is 0.00703. The second kappa shape index (κ2) is 14.5. The molecule has 5 rings (SSSR count). The summed E-state index contributed by atoms with van der Waals surface area (Å²) in [5.41, 5.74) is 1.81. The molecule has 46 heavy (non-hydrogen) atoms. The van der Waals surface area contributed by atoms with Crippen LogP contribution in [0.15, 0.2) is 58.4 Å². The van der Waals surface area contributed by atoms with Crippen LogP contribution < -0.4 is 5.32 Å². The molecule has 1 amide bonds. The fourth-order valence-electron chi connectivity index (χ4n) is 5.88. The Kier molecular flexibility index (Phi) is 10.7. The number of carbonyl (C=O) groups excluding carboxylic acids is 1. The van der Waals surface area contributed by atoms with E-state index in [1.807, 2.05) is 58.0 Å². The maximum atomic E-state index is 14.1. The molecular weight excluding hydrogens is 612 g/mol. The summed E-state index contributed by atoms with van der Waals surface area (Å²) in [5, 5.41) is 25.4. The Morgan fingerprint density at radius 2 is 1.91 bits per heavy atom. The van der Waals surface area contributed by atoms with E-state index in [1.54, 1.807) is 6.07 Å². The number of alkyl carbamates (subject to hydrolysis) is 1. The van der Waals surface area contributed by atoms with Crippen molar-refractivity contribution in [1.29, 1.82) is 0 Å². The van der Waals surface area contributed by atoms with Gasteiger partial charge < -0.3 is 34.7 Å². The van der Waals surface area contributed by atoms with Crippen LogP contribution in [0, 0.1) is 11.8 Å². The number of hydrogen-bond acceptors (Lipinski definition) is 9. The number of aliphatic hydroxyl groups is 1. The second-order valence-corrected chi connectivity index (χ2v) is 14.6. The third kappa shape index (κ3) is 7.89. The molecule has 0 radical (unpaired) electrons. The average Bonchev–Trinajstić information content (AvgIpc) is 3.70. The smallest absolute Gasteiger partial charge is 0.407 e. The minimum atomic E-state index is -4.13. The normalized spacial score (nSPS) is 21.4. The van der Waals surface area contributed by atoms with E-state index in [2.05, 4.69) is 15.3 Å². The van der Waals surface area contributed by atoms with Gasteiger partial charge in [-0.15, -0.1) is 0 Å². The number of H-pyrrole nitrogens is 1. The summed E-state index contributed by atoms with van der Waals surface area (Å²) < 4.78 is 46.4. The molecule has 0 bridgehead atoms. The van der Waals surface area contributed by atoms with Gasteiger partial charge in [-0.3, -0.25) is 4.99 Å². The van der Waals surface area contributed by atoms with Crippen molar-refractivity contribution in [2.45, 2.75) is 76.0 Å². The van der Waals surface area contributed by atoms with Gasteiger partial charge in [0.1, 0.15) is 6.10 Å². The SMILES string of the molecule is CC(C)CN(C[C@@H](O)[C@H](Cc1ccccc1)NC(=O)O[C@H]1COC2OCCC21)S(=O)(=O)c1ccc2[nH]c(O)c(C=NC(C)C)c2c1. The lowest BCUT2D eigenvalue weighted by Gasteiger charge is -2.31. The van der Waals surface area contributed by atoms with Crippen molar-refractivity contribution in [1.82, 2.24) is 14.6 Å². The van der Waals surface area contributed by atoms with E-state index in [1.165, 1.54) is 22.7 Å². The van der Waals surface area contributed by atoms with Crippen LogP contribution in [0.2, 0.25) is 0 Å². The highest BCUT2D eigenvalue weighted by Crippen LogP contribution is 2.33. The molecule has 1 aromatic heterocycles. The molecule has 13 heteroatoms. The van der Waals surface area contributed by atoms with Crippen LogP contribution in [0.25, 0.3) is 10.9 Å². The van der Waals surface area contributed by atoms with Gasteiger partial charge in [0.2, 0.25) is 10.0 Å². The Balaban J connectivity index is 1.39. The van der Waals surface area contributed by atoms with E-state index in [9.17, 15) is 23.4 Å². The van der Waals surface area contributed by atoms with E-state index in [-0.39, 0.29) is 61.1 Å². The number of amides is 1. The molecule has 4 N–H and O–H groups in total. The third-order valence-electron chi connectivity index (χ3n) is 8.20. The molecule has 5 atom stereocenters. The Morgan fingerprint density at radius 1 is 1.15 bits per heavy atom. The van der Waals surface area contributed by atoms with Crippen LogP contribution in [0.4, 0.5) is 4.79 Å². The number of aromatic amines is 1. The monoisotopic (exact) mass is 656 g/mol. The van der Waals surface area contributed by atoms with Gasteiger partial charge in [0.05, 0.1) is 41.7 Å². The standard InChI is InChI=1S/C33H44N4O8S/c1-20(2)17-37(46(41,42)23-10-11-27-25(15-23)26(31(39)35-27)16-34-21(3)4)18-29(38)28(14-22-8-6-5-7-9-22)36-33(40)45-30-19-44-32-24(30)12-13-43-32/h5-11,15-16,20-21,24,28-30,32,35,38-39H,12-14,17-19H2,1-4H3,(H,36,40)/t24?,28-,29+,30-,32?/m0/s1. The van der Waals surface area contributed by atoms with Crippen LogP contribution in [-0.4, -0.2) is 97.1 Å². The zero-order valence-corrected chi connectivity index (χ0v) is 27.4. The third-order valence-corrected chi connectivity index (χ3v) is 10.0. The molecule has 0 spiro atoms. The van der Waals surface area contributed by atoms with E-state index in [4.69, 9.17) is 14.2 Å². The fourth-order valence-corrected chi connectivity index (χ4v) is 7.53. The quantitative estimate of drug-likeness (QED) is 0.202. The van der Waals surface area contributed by atoms with Gasteiger partial charge in [-0.25, -0.2) is 13.2 Å². The maximum absolute atomic E-state index is 14.1. The summed E-state index contributed by atoms with van der Waals surface area (Å²) in [4.78, 5) is 20.3. The van der Waals surface area contributed by atoms with E-state index < -0.39 is 34.4 Å². The van der Waals surface area contributed by atoms with Crippen LogP contribution in [0.3, 0.4) is 0 Å². The molecule has 0 aliphatic carbocycles. The highest BCUT2D eigenvalue weighted by molar-refractivity contribution is 7.89. The number of rotatable bonds is 13. The van der Waals surface area contributed by atoms with Crippen molar-refractivity contribution in [2.24, 2.45) is 16.8 Å². The second-order valence-electron chi connectivity index (χ2n) is 12.7. The largest absolute Gasteiger partial charge is 0.494 e. The number of aromatic hydroxyl groups is 1. The number of sulfonamides is 1. The number of aliphatic imine (C=N–C) groups is 1. The van der Waals surface area contributed by atoms with Gasteiger partial charge in [-0.1, -0.05) is 44.2 Å². The van der Waals surface area contributed by atoms with Crippen molar-refractivity contribution >= 4 is 33.2 Å². The molecule has 12 nitrogen and oxygen atoms in total. The summed E-state index contributed by atoms with van der Waals surface area (Å²) in [7, 11) is -4.13. The van der Waals surface area contributed by atoms with Crippen LogP contribution >= 0.6 is 0 Å². The number of hydrogen-bond donors (Lipinski definition) is 4. The lowest BCUT2D eigenvalue weighted by Crippen LogP contribution is -2.51. The Morgan fingerprint density at radius 3 is 2.63 bits per heavy atom. The molecule has 3 heterocycles. The van der Waals surface area contributed by atoms with Crippen molar-refractivity contribution in [3.63, 3.8) is 0 Å². The lowest BCUT2D eigenvalue weighted by molar-refractivity contribution is -0.0907. The van der Waals surface area contributed by atoms with E-state index >= 15 is 0 Å². The average molecular weight is 657 g/mol. The van der Waals surface area contributed by atoms with E-state index in [0.29, 0.717) is 23.1 Å². The predicted octanol–water partition coefficient (Wildman–Crippen LogP) is 3.81. The highest BCUT2D eigenvalue weighted by atomic mass is 32.2. The molecule has 2 unspecified atom stereocenters. The molecular formula is C33H44N4O8S. The zero-order valence-electron chi connectivity index (χ0n) is 26.6. The molecule has 2 saturated heterocycles. The lowest BCUT2D eigenvalue weighted by atomic mass is 10.0. The number of aliphatic hydroxyl groups excluding tert-OH is 1. The zero-order chi connectivity index (χ0) is 33.0. The highest BCUT2D eigenvalue weighted by Gasteiger charge is 2.44. The summed E-state index contributed by atoms with van der Waals surface area (Å²) in [6.45, 7) is 8.20. The number of nitrogens with zero attached hydrogens (tertiary/aromatic N) is 2. The maximum Gasteiger partial charge on any atom is 0.407 e. The van der Waals surface area contributed by atoms with Gasteiger partial charge in [-0.2, -0.15) is 4.31 Å². The predicted molar refractivity (Wildman–Crippen MR) is 173 cm³/mol. The molecule has 0 saturated carbocycles. The fraction of sp³-hybridized carbons (Fsp3) is 0.515. The van der Waals surface area contributed by atoms with Crippen molar-refractivity contribution in [2.75, 3.05) is 26.3 Å². The number of benzene rings is 2. The van der Waals surface area contributed by atoms with Gasteiger partial charge in [0, 0.05) is 36.2 Å². The van der Waals surface area contributed by atoms with Crippen LogP contribution in [0.5, 0.6) is 5.88 Å². The molecule has 2 aliphatic rings. The van der Waals surface area contributed by atoms with Crippen molar-refractivity contribution in [3.05, 3.63) is 59.7 Å². The number of nitrogens with one attached hydrogen (secondary N) is 2.